The molecule has 5 heteroatoms. The Balaban J connectivity index is 2.24. The van der Waals surface area contributed by atoms with Gasteiger partial charge in [-0.15, -0.1) is 0 Å². The first kappa shape index (κ1) is 16.3. The van der Waals surface area contributed by atoms with Crippen LogP contribution in [-0.2, 0) is 10.5 Å². The lowest BCUT2D eigenvalue weighted by atomic mass is 9.93. The van der Waals surface area contributed by atoms with Crippen LogP contribution in [0.1, 0.15) is 12.5 Å². The number of carbonyl (C=O) groups is 1. The van der Waals surface area contributed by atoms with E-state index in [0.717, 1.165) is 0 Å². The molecule has 0 saturated carbocycles. The van der Waals surface area contributed by atoms with Gasteiger partial charge in [0.05, 0.1) is 5.69 Å². The zero-order chi connectivity index (χ0) is 17.2. The van der Waals surface area contributed by atoms with E-state index in [1.807, 2.05) is 6.07 Å². The summed E-state index contributed by atoms with van der Waals surface area (Å²) in [5.41, 5.74) is -0.219. The Hall–Kier alpha value is -2.59. The molecule has 1 N–H and O–H groups in total. The average Bonchev–Trinajstić information content (AvgIpc) is 2.56. The van der Waals surface area contributed by atoms with Crippen LogP contribution < -0.4 is 10.2 Å². The first-order valence-electron chi connectivity index (χ1n) is 7.39. The molecule has 24 heavy (non-hydrogen) atoms. The largest absolute Gasteiger partial charge is 0.326 e. The van der Waals surface area contributed by atoms with Gasteiger partial charge in [-0.1, -0.05) is 41.9 Å². The lowest BCUT2D eigenvalue weighted by molar-refractivity contribution is -0.120. The number of amides is 1. The quantitative estimate of drug-likeness (QED) is 0.909. The van der Waals surface area contributed by atoms with Crippen molar-refractivity contribution in [3.63, 3.8) is 0 Å². The van der Waals surface area contributed by atoms with Gasteiger partial charge in [0, 0.05) is 23.7 Å². The predicted molar refractivity (Wildman–Crippen MR) is 92.8 cm³/mol. The van der Waals surface area contributed by atoms with Gasteiger partial charge in [0.1, 0.15) is 5.82 Å². The van der Waals surface area contributed by atoms with Gasteiger partial charge >= 0.3 is 0 Å². The van der Waals surface area contributed by atoms with Crippen LogP contribution in [0.4, 0.5) is 10.1 Å². The second-order valence-corrected chi connectivity index (χ2v) is 5.78. The van der Waals surface area contributed by atoms with Crippen molar-refractivity contribution in [2.24, 2.45) is 0 Å². The second-order valence-electron chi connectivity index (χ2n) is 5.38. The van der Waals surface area contributed by atoms with Crippen molar-refractivity contribution in [1.29, 1.82) is 0 Å². The number of halogens is 2. The molecular formula is C19H15ClFN2O. The normalized spacial score (nSPS) is 19.4. The van der Waals surface area contributed by atoms with Gasteiger partial charge in [-0.25, -0.2) is 4.39 Å². The van der Waals surface area contributed by atoms with Crippen molar-refractivity contribution in [2.45, 2.75) is 12.6 Å². The summed E-state index contributed by atoms with van der Waals surface area (Å²) in [5.74, 6) is -0.677. The maximum Gasteiger partial charge on any atom is 0.219 e. The van der Waals surface area contributed by atoms with E-state index in [2.05, 4.69) is 11.4 Å². The highest BCUT2D eigenvalue weighted by Crippen LogP contribution is 2.38. The first-order valence-corrected chi connectivity index (χ1v) is 7.77. The smallest absolute Gasteiger partial charge is 0.219 e. The van der Waals surface area contributed by atoms with E-state index < -0.39 is 11.5 Å². The summed E-state index contributed by atoms with van der Waals surface area (Å²) in [4.78, 5) is 13.6. The molecular weight excluding hydrogens is 327 g/mol. The van der Waals surface area contributed by atoms with Crippen LogP contribution in [0.3, 0.4) is 0 Å². The molecule has 1 aliphatic rings. The highest BCUT2D eigenvalue weighted by Gasteiger charge is 2.40. The molecule has 0 aliphatic carbocycles. The average molecular weight is 342 g/mol. The van der Waals surface area contributed by atoms with Crippen LogP contribution in [0.15, 0.2) is 66.9 Å². The Labute approximate surface area is 145 Å². The fourth-order valence-electron chi connectivity index (χ4n) is 2.80. The van der Waals surface area contributed by atoms with Crippen molar-refractivity contribution >= 4 is 23.2 Å². The van der Waals surface area contributed by atoms with E-state index in [4.69, 9.17) is 11.6 Å². The fourth-order valence-corrected chi connectivity index (χ4v) is 3.08. The van der Waals surface area contributed by atoms with E-state index in [9.17, 15) is 9.18 Å². The minimum atomic E-state index is -1.17. The number of hydrogen-bond donors (Lipinski definition) is 1. The van der Waals surface area contributed by atoms with Crippen LogP contribution in [-0.4, -0.2) is 5.91 Å². The molecule has 2 aromatic carbocycles. The third-order valence-electron chi connectivity index (χ3n) is 3.76. The van der Waals surface area contributed by atoms with Gasteiger partial charge in [0.15, 0.2) is 5.66 Å². The highest BCUT2D eigenvalue weighted by molar-refractivity contribution is 6.31. The Morgan fingerprint density at radius 2 is 1.92 bits per heavy atom. The predicted octanol–water partition coefficient (Wildman–Crippen LogP) is 4.16. The molecule has 1 unspecified atom stereocenters. The van der Waals surface area contributed by atoms with Crippen molar-refractivity contribution < 1.29 is 9.18 Å². The molecule has 3 nitrogen and oxygen atoms in total. The van der Waals surface area contributed by atoms with Gasteiger partial charge in [0.25, 0.3) is 0 Å². The Morgan fingerprint density at radius 3 is 2.62 bits per heavy atom. The molecule has 1 atom stereocenters. The van der Waals surface area contributed by atoms with E-state index >= 15 is 0 Å². The molecule has 3 rings (SSSR count). The van der Waals surface area contributed by atoms with Crippen LogP contribution >= 0.6 is 11.6 Å². The molecule has 0 fully saturated rings. The van der Waals surface area contributed by atoms with Crippen molar-refractivity contribution in [1.82, 2.24) is 5.32 Å². The summed E-state index contributed by atoms with van der Waals surface area (Å²) in [6.45, 7) is 1.41. The second kappa shape index (κ2) is 6.49. The molecule has 1 amide bonds. The van der Waals surface area contributed by atoms with E-state index in [1.165, 1.54) is 13.0 Å². The standard InChI is InChI=1S/C19H15ClFN2O/c1-14(24)22-19(15-8-2-3-9-16(15)20)12-6-7-13-23(19)18-11-5-4-10-17(18)21/h2-5,7-13H,1H3,(H,22,24). The summed E-state index contributed by atoms with van der Waals surface area (Å²) in [6.07, 6.45) is 7.97. The third-order valence-corrected chi connectivity index (χ3v) is 4.08. The number of hydrogen-bond acceptors (Lipinski definition) is 2. The Bertz CT molecular complexity index is 834. The highest BCUT2D eigenvalue weighted by atomic mass is 35.5. The molecule has 2 aromatic rings. The number of nitrogens with zero attached hydrogens (tertiary/aromatic N) is 1. The monoisotopic (exact) mass is 341 g/mol. The van der Waals surface area contributed by atoms with Gasteiger partial charge in [-0.05, 0) is 36.4 Å². The molecule has 121 valence electrons. The number of rotatable bonds is 3. The summed E-state index contributed by atoms with van der Waals surface area (Å²) in [5, 5.41) is 3.35. The molecule has 0 aromatic heterocycles. The van der Waals surface area contributed by atoms with E-state index in [0.29, 0.717) is 16.3 Å². The van der Waals surface area contributed by atoms with E-state index in [-0.39, 0.29) is 5.91 Å². The number of nitrogens with one attached hydrogen (secondary N) is 1. The minimum Gasteiger partial charge on any atom is -0.326 e. The number of benzene rings is 2. The molecule has 0 bridgehead atoms. The lowest BCUT2D eigenvalue weighted by Gasteiger charge is -2.43. The number of para-hydroxylation sites is 1. The first-order chi connectivity index (χ1) is 11.5. The molecule has 0 saturated heterocycles. The summed E-state index contributed by atoms with van der Waals surface area (Å²) >= 11 is 6.38. The molecule has 1 heterocycles. The fraction of sp³-hybridized carbons (Fsp3) is 0.105. The number of anilines is 1. The third kappa shape index (κ3) is 2.81. The van der Waals surface area contributed by atoms with Gasteiger partial charge in [0.2, 0.25) is 5.91 Å². The van der Waals surface area contributed by atoms with Crippen molar-refractivity contribution in [3.05, 3.63) is 89.4 Å². The number of allylic oxidation sites excluding steroid dienone is 2. The molecule has 0 spiro atoms. The topological polar surface area (TPSA) is 32.3 Å². The molecule has 1 radical (unpaired) electrons. The zero-order valence-electron chi connectivity index (χ0n) is 13.0. The van der Waals surface area contributed by atoms with Crippen molar-refractivity contribution in [2.75, 3.05) is 4.90 Å². The van der Waals surface area contributed by atoms with Gasteiger partial charge < -0.3 is 10.2 Å². The van der Waals surface area contributed by atoms with Crippen LogP contribution in [0.5, 0.6) is 0 Å². The SMILES string of the molecule is CC(=O)NC1(c2ccccc2Cl)C=[C]C=CN1c1ccccc1F. The van der Waals surface area contributed by atoms with E-state index in [1.54, 1.807) is 59.7 Å². The Morgan fingerprint density at radius 1 is 1.21 bits per heavy atom. The Kier molecular flexibility index (Phi) is 4.40. The summed E-state index contributed by atoms with van der Waals surface area (Å²) < 4.78 is 14.4. The molecule has 1 aliphatic heterocycles. The van der Waals surface area contributed by atoms with Crippen LogP contribution in [0, 0.1) is 11.9 Å². The summed E-state index contributed by atoms with van der Waals surface area (Å²) in [7, 11) is 0. The maximum absolute atomic E-state index is 14.4. The maximum atomic E-state index is 14.4. The van der Waals surface area contributed by atoms with Gasteiger partial charge in [-0.3, -0.25) is 4.79 Å². The lowest BCUT2D eigenvalue weighted by Crippen LogP contribution is -2.56. The summed E-state index contributed by atoms with van der Waals surface area (Å²) in [6, 6.07) is 13.5. The minimum absolute atomic E-state index is 0.274. The van der Waals surface area contributed by atoms with Crippen LogP contribution in [0.2, 0.25) is 5.02 Å². The number of carbonyl (C=O) groups excluding carboxylic acids is 1. The van der Waals surface area contributed by atoms with Gasteiger partial charge in [-0.2, -0.15) is 0 Å². The zero-order valence-corrected chi connectivity index (χ0v) is 13.7. The van der Waals surface area contributed by atoms with Crippen LogP contribution in [0.25, 0.3) is 0 Å². The van der Waals surface area contributed by atoms with Crippen molar-refractivity contribution in [3.8, 4) is 0 Å².